The van der Waals surface area contributed by atoms with E-state index in [0.717, 1.165) is 50.0 Å². The number of benzene rings is 2. The molecular weight excluding hydrogens is 650 g/mol. The fraction of sp³-hybridized carbons (Fsp3) is 0.267. The number of pyridine rings is 1. The monoisotopic (exact) mass is 673 g/mol. The summed E-state index contributed by atoms with van der Waals surface area (Å²) in [6, 6.07) is 15.5. The van der Waals surface area contributed by atoms with Crippen molar-refractivity contribution in [2.45, 2.75) is 24.6 Å². The number of rotatable bonds is 5. The molecule has 2 aromatic heterocycles. The zero-order chi connectivity index (χ0) is 28.5. The Kier molecular flexibility index (Phi) is 6.00. The smallest absolute Gasteiger partial charge is 0.449 e. The predicted molar refractivity (Wildman–Crippen MR) is 154 cm³/mol. The van der Waals surface area contributed by atoms with Gasteiger partial charge in [0, 0.05) is 48.1 Å². The van der Waals surface area contributed by atoms with Gasteiger partial charge < -0.3 is 23.7 Å². The van der Waals surface area contributed by atoms with Crippen LogP contribution in [0.1, 0.15) is 28.2 Å². The Morgan fingerprint density at radius 3 is 2.68 bits per heavy atom. The van der Waals surface area contributed by atoms with Gasteiger partial charge in [-0.1, -0.05) is 34.7 Å². The van der Waals surface area contributed by atoms with Crippen molar-refractivity contribution in [2.75, 3.05) is 34.6 Å². The molecule has 1 amide bonds. The van der Waals surface area contributed by atoms with E-state index in [4.69, 9.17) is 13.9 Å². The Labute approximate surface area is 247 Å². The summed E-state index contributed by atoms with van der Waals surface area (Å²) in [6.07, 6.45) is -2.12. The molecule has 210 valence electrons. The number of anilines is 2. The number of halogens is 4. The summed E-state index contributed by atoms with van der Waals surface area (Å²) in [5.74, 6) is 0.773. The van der Waals surface area contributed by atoms with Crippen molar-refractivity contribution in [3.8, 4) is 22.6 Å². The highest BCUT2D eigenvalue weighted by molar-refractivity contribution is 14.1. The Morgan fingerprint density at radius 1 is 1.10 bits per heavy atom. The van der Waals surface area contributed by atoms with Gasteiger partial charge in [0.25, 0.3) is 0 Å². The largest absolute Gasteiger partial charge is 0.493 e. The lowest BCUT2D eigenvalue weighted by Crippen LogP contribution is -2.42. The van der Waals surface area contributed by atoms with Gasteiger partial charge in [0.2, 0.25) is 11.7 Å². The molecule has 4 aromatic rings. The molecule has 3 aliphatic heterocycles. The van der Waals surface area contributed by atoms with Crippen molar-refractivity contribution in [2.24, 2.45) is 0 Å². The third-order valence-electron chi connectivity index (χ3n) is 7.95. The lowest BCUT2D eigenvalue weighted by atomic mass is 9.74. The van der Waals surface area contributed by atoms with E-state index in [2.05, 4.69) is 27.6 Å². The highest BCUT2D eigenvalue weighted by atomic mass is 127. The van der Waals surface area contributed by atoms with E-state index >= 15 is 0 Å². The maximum atomic E-state index is 14.6. The number of hydrogen-bond donors (Lipinski definition) is 0. The molecule has 7 nitrogen and oxygen atoms in total. The molecule has 3 aliphatic rings. The summed E-state index contributed by atoms with van der Waals surface area (Å²) in [6.45, 7) is 0.449. The van der Waals surface area contributed by atoms with Gasteiger partial charge in [-0.3, -0.25) is 4.79 Å². The van der Waals surface area contributed by atoms with Gasteiger partial charge in [0.15, 0.2) is 0 Å². The first-order chi connectivity index (χ1) is 19.7. The van der Waals surface area contributed by atoms with E-state index in [-0.39, 0.29) is 24.8 Å². The van der Waals surface area contributed by atoms with E-state index in [9.17, 15) is 18.0 Å². The fourth-order valence-corrected chi connectivity index (χ4v) is 6.32. The molecule has 0 bridgehead atoms. The average Bonchev–Trinajstić information content (AvgIpc) is 3.75. The van der Waals surface area contributed by atoms with Crippen LogP contribution >= 0.6 is 22.6 Å². The summed E-state index contributed by atoms with van der Waals surface area (Å²) in [4.78, 5) is 22.7. The Morgan fingerprint density at radius 2 is 1.95 bits per heavy atom. The van der Waals surface area contributed by atoms with Crippen LogP contribution < -0.4 is 19.3 Å². The molecule has 2 aromatic carbocycles. The van der Waals surface area contributed by atoms with E-state index in [0.29, 0.717) is 24.5 Å². The van der Waals surface area contributed by atoms with Crippen LogP contribution in [-0.2, 0) is 29.4 Å². The van der Waals surface area contributed by atoms with Gasteiger partial charge in [0.1, 0.15) is 35.1 Å². The molecule has 0 aliphatic carbocycles. The fourth-order valence-electron chi connectivity index (χ4n) is 5.97. The third kappa shape index (κ3) is 3.99. The molecule has 0 N–H and O–H groups in total. The van der Waals surface area contributed by atoms with Crippen LogP contribution in [0.2, 0.25) is 0 Å². The first-order valence-electron chi connectivity index (χ1n) is 13.0. The minimum Gasteiger partial charge on any atom is -0.493 e. The van der Waals surface area contributed by atoms with Gasteiger partial charge in [0.05, 0.1) is 17.7 Å². The minimum absolute atomic E-state index is 0.0356. The highest BCUT2D eigenvalue weighted by Crippen LogP contribution is 2.56. The van der Waals surface area contributed by atoms with Crippen LogP contribution in [0.5, 0.6) is 11.5 Å². The molecule has 41 heavy (non-hydrogen) atoms. The van der Waals surface area contributed by atoms with Gasteiger partial charge in [-0.25, -0.2) is 4.98 Å². The van der Waals surface area contributed by atoms with Crippen LogP contribution in [0.3, 0.4) is 0 Å². The van der Waals surface area contributed by atoms with Crippen molar-refractivity contribution in [3.63, 3.8) is 0 Å². The molecule has 11 heteroatoms. The van der Waals surface area contributed by atoms with E-state index in [1.54, 1.807) is 6.20 Å². The topological polar surface area (TPSA) is 68.0 Å². The third-order valence-corrected chi connectivity index (χ3v) is 8.97. The number of carbonyl (C=O) groups is 1. The molecule has 1 spiro atoms. The molecule has 5 heterocycles. The van der Waals surface area contributed by atoms with Gasteiger partial charge in [-0.15, -0.1) is 0 Å². The number of amides is 1. The first-order valence-corrected chi connectivity index (χ1v) is 14.5. The van der Waals surface area contributed by atoms with Crippen molar-refractivity contribution in [1.82, 2.24) is 4.98 Å². The van der Waals surface area contributed by atoms with Crippen LogP contribution in [0.25, 0.3) is 11.1 Å². The second kappa shape index (κ2) is 9.40. The number of aromatic nitrogens is 1. The first kappa shape index (κ1) is 26.2. The second-order valence-corrected chi connectivity index (χ2v) is 11.0. The second-order valence-electron chi connectivity index (χ2n) is 10.3. The normalized spacial score (nSPS) is 18.8. The SMILES string of the molecule is CN(CI)c1ccc(-c2cccc3c2C2(COc4cc5c(cc42)CCO5)C(=O)N3Cc2ccc(C(F)(F)F)o2)cn1. The van der Waals surface area contributed by atoms with Crippen molar-refractivity contribution < 1.29 is 31.9 Å². The molecule has 0 saturated carbocycles. The Balaban J connectivity index is 1.40. The number of hydrogen-bond acceptors (Lipinski definition) is 6. The van der Waals surface area contributed by atoms with E-state index in [1.807, 2.05) is 54.4 Å². The summed E-state index contributed by atoms with van der Waals surface area (Å²) in [5.41, 5.74) is 3.48. The van der Waals surface area contributed by atoms with Crippen LogP contribution in [0, 0.1) is 0 Å². The zero-order valence-corrected chi connectivity index (χ0v) is 24.0. The number of nitrogens with zero attached hydrogens (tertiary/aromatic N) is 3. The standard InChI is InChI=1S/C30H23F3IN3O4/c1-36(16-34)26-8-5-18(13-35-26)20-3-2-4-22-27(20)29(15-40-24-12-23-17(9-10-39-23)11-21(24)29)28(38)37(22)14-19-6-7-25(41-19)30(31,32)33/h2-8,11-13H,9-10,14-16H2,1H3. The number of alkyl halides is 4. The predicted octanol–water partition coefficient (Wildman–Crippen LogP) is 6.35. The molecule has 0 radical (unpaired) electrons. The van der Waals surface area contributed by atoms with Gasteiger partial charge >= 0.3 is 6.18 Å². The molecule has 1 unspecified atom stereocenters. The van der Waals surface area contributed by atoms with Gasteiger partial charge in [-0.2, -0.15) is 13.2 Å². The number of furan rings is 1. The van der Waals surface area contributed by atoms with Crippen molar-refractivity contribution in [3.05, 3.63) is 89.0 Å². The maximum Gasteiger partial charge on any atom is 0.449 e. The molecule has 7 rings (SSSR count). The Bertz CT molecular complexity index is 1690. The summed E-state index contributed by atoms with van der Waals surface area (Å²) in [7, 11) is 1.95. The van der Waals surface area contributed by atoms with Crippen molar-refractivity contribution >= 4 is 40.0 Å². The van der Waals surface area contributed by atoms with Crippen LogP contribution in [0.4, 0.5) is 24.7 Å². The van der Waals surface area contributed by atoms with E-state index < -0.39 is 17.4 Å². The quantitative estimate of drug-likeness (QED) is 0.140. The van der Waals surface area contributed by atoms with Crippen molar-refractivity contribution in [1.29, 1.82) is 0 Å². The minimum atomic E-state index is -4.62. The van der Waals surface area contributed by atoms with E-state index in [1.165, 1.54) is 11.0 Å². The summed E-state index contributed by atoms with van der Waals surface area (Å²) < 4.78 is 57.6. The maximum absolute atomic E-state index is 14.6. The summed E-state index contributed by atoms with van der Waals surface area (Å²) >= 11 is 2.26. The molecule has 0 fully saturated rings. The highest BCUT2D eigenvalue weighted by Gasteiger charge is 2.58. The Hall–Kier alpha value is -3.74. The number of fused-ring (bicyclic) bond motifs is 5. The lowest BCUT2D eigenvalue weighted by Gasteiger charge is -2.24. The molecule has 0 saturated heterocycles. The van der Waals surface area contributed by atoms with Crippen LogP contribution in [0.15, 0.2) is 65.2 Å². The number of ether oxygens (including phenoxy) is 2. The summed E-state index contributed by atoms with van der Waals surface area (Å²) in [5, 5.41) is 0. The average molecular weight is 673 g/mol. The zero-order valence-electron chi connectivity index (χ0n) is 21.8. The lowest BCUT2D eigenvalue weighted by molar-refractivity contribution is -0.153. The number of carbonyl (C=O) groups excluding carboxylic acids is 1. The van der Waals surface area contributed by atoms with Gasteiger partial charge in [-0.05, 0) is 47.5 Å². The molecule has 1 atom stereocenters. The molecular formula is C30H23F3IN3O4. The van der Waals surface area contributed by atoms with Crippen LogP contribution in [-0.4, -0.2) is 35.7 Å².